The summed E-state index contributed by atoms with van der Waals surface area (Å²) in [5.41, 5.74) is -0.252. The lowest BCUT2D eigenvalue weighted by atomic mass is 10.5. The molecule has 0 radical (unpaired) electrons. The quantitative estimate of drug-likeness (QED) is 0.255. The van der Waals surface area contributed by atoms with Gasteiger partial charge in [0, 0.05) is 13.1 Å². The molecule has 0 saturated heterocycles. The highest BCUT2D eigenvalue weighted by molar-refractivity contribution is 5.70. The molecule has 2 N–H and O–H groups in total. The van der Waals surface area contributed by atoms with Crippen molar-refractivity contribution >= 4 is 12.2 Å². The van der Waals surface area contributed by atoms with Gasteiger partial charge in [-0.3, -0.25) is 9.59 Å². The van der Waals surface area contributed by atoms with Crippen LogP contribution in [0.25, 0.3) is 0 Å². The van der Waals surface area contributed by atoms with Gasteiger partial charge >= 0.3 is 0 Å². The molecule has 12 heavy (non-hydrogen) atoms. The van der Waals surface area contributed by atoms with Crippen LogP contribution in [-0.4, -0.2) is 16.2 Å². The molecular formula is C6H8N4O2. The standard InChI is InChI=1S/C6H8N4O2/c1-9-6(12)3-2-5(8-9)10(7)4-11/h2-4H,7H2,1H3. The highest BCUT2D eigenvalue weighted by Crippen LogP contribution is 1.98. The minimum Gasteiger partial charge on any atom is -0.277 e. The highest BCUT2D eigenvalue weighted by Gasteiger charge is 2.01. The van der Waals surface area contributed by atoms with Crippen molar-refractivity contribution in [3.8, 4) is 0 Å². The zero-order valence-electron chi connectivity index (χ0n) is 6.47. The molecule has 6 heteroatoms. The number of nitrogens with zero attached hydrogens (tertiary/aromatic N) is 3. The minimum absolute atomic E-state index is 0.229. The summed E-state index contributed by atoms with van der Waals surface area (Å²) in [5.74, 6) is 5.43. The van der Waals surface area contributed by atoms with Gasteiger partial charge in [-0.1, -0.05) is 0 Å². The van der Waals surface area contributed by atoms with E-state index in [1.807, 2.05) is 0 Å². The van der Waals surface area contributed by atoms with Gasteiger partial charge in [0.05, 0.1) is 0 Å². The van der Waals surface area contributed by atoms with E-state index in [1.54, 1.807) is 0 Å². The maximum atomic E-state index is 10.8. The van der Waals surface area contributed by atoms with E-state index < -0.39 is 0 Å². The van der Waals surface area contributed by atoms with Crippen LogP contribution in [0.2, 0.25) is 0 Å². The number of hydrazine groups is 1. The van der Waals surface area contributed by atoms with Crippen LogP contribution in [0.4, 0.5) is 5.82 Å². The van der Waals surface area contributed by atoms with Crippen molar-refractivity contribution in [2.24, 2.45) is 12.9 Å². The number of rotatable bonds is 2. The van der Waals surface area contributed by atoms with E-state index >= 15 is 0 Å². The highest BCUT2D eigenvalue weighted by atomic mass is 16.1. The van der Waals surface area contributed by atoms with E-state index in [9.17, 15) is 9.59 Å². The molecule has 0 atom stereocenters. The van der Waals surface area contributed by atoms with E-state index in [4.69, 9.17) is 5.84 Å². The topological polar surface area (TPSA) is 81.2 Å². The normalized spacial score (nSPS) is 9.50. The molecule has 0 aromatic carbocycles. The van der Waals surface area contributed by atoms with E-state index in [-0.39, 0.29) is 11.4 Å². The molecule has 0 aliphatic carbocycles. The number of carbonyl (C=O) groups is 1. The fourth-order valence-corrected chi connectivity index (χ4v) is 0.682. The summed E-state index contributed by atoms with van der Waals surface area (Å²) in [6, 6.07) is 2.66. The molecule has 0 aliphatic heterocycles. The fourth-order valence-electron chi connectivity index (χ4n) is 0.682. The first-order valence-electron chi connectivity index (χ1n) is 3.18. The Morgan fingerprint density at radius 1 is 1.67 bits per heavy atom. The minimum atomic E-state index is -0.252. The van der Waals surface area contributed by atoms with E-state index in [0.717, 1.165) is 9.69 Å². The van der Waals surface area contributed by atoms with Gasteiger partial charge in [0.15, 0.2) is 5.82 Å². The Hall–Kier alpha value is -1.69. The van der Waals surface area contributed by atoms with Crippen LogP contribution in [0.15, 0.2) is 16.9 Å². The third-order valence-electron chi connectivity index (χ3n) is 1.32. The Bertz CT molecular complexity index is 346. The van der Waals surface area contributed by atoms with E-state index in [1.165, 1.54) is 19.2 Å². The SMILES string of the molecule is Cn1nc(N(N)C=O)ccc1=O. The monoisotopic (exact) mass is 168 g/mol. The third-order valence-corrected chi connectivity index (χ3v) is 1.32. The van der Waals surface area contributed by atoms with Crippen LogP contribution in [0.3, 0.4) is 0 Å². The lowest BCUT2D eigenvalue weighted by Gasteiger charge is -2.08. The van der Waals surface area contributed by atoms with Gasteiger partial charge < -0.3 is 0 Å². The van der Waals surface area contributed by atoms with E-state index in [0.29, 0.717) is 6.41 Å². The Morgan fingerprint density at radius 2 is 2.33 bits per heavy atom. The van der Waals surface area contributed by atoms with Gasteiger partial charge in [-0.05, 0) is 6.07 Å². The van der Waals surface area contributed by atoms with Gasteiger partial charge in [-0.25, -0.2) is 15.5 Å². The van der Waals surface area contributed by atoms with Crippen LogP contribution in [0.1, 0.15) is 0 Å². The number of hydrogen-bond acceptors (Lipinski definition) is 4. The molecule has 0 aliphatic rings. The third kappa shape index (κ3) is 1.48. The number of nitrogens with two attached hydrogens (primary N) is 1. The van der Waals surface area contributed by atoms with Gasteiger partial charge in [-0.15, -0.1) is 0 Å². The van der Waals surface area contributed by atoms with Gasteiger partial charge in [0.2, 0.25) is 6.41 Å². The van der Waals surface area contributed by atoms with Crippen molar-refractivity contribution in [3.63, 3.8) is 0 Å². The van der Waals surface area contributed by atoms with Crippen LogP contribution in [0.5, 0.6) is 0 Å². The van der Waals surface area contributed by atoms with Crippen LogP contribution < -0.4 is 16.4 Å². The summed E-state index contributed by atoms with van der Waals surface area (Å²) in [6.07, 6.45) is 0.410. The summed E-state index contributed by atoms with van der Waals surface area (Å²) >= 11 is 0. The smallest absolute Gasteiger partial charge is 0.266 e. The van der Waals surface area contributed by atoms with Gasteiger partial charge in [-0.2, -0.15) is 5.10 Å². The summed E-state index contributed by atoms with van der Waals surface area (Å²) in [6.45, 7) is 0. The van der Waals surface area contributed by atoms with Crippen LogP contribution in [0, 0.1) is 0 Å². The summed E-state index contributed by atoms with van der Waals surface area (Å²) in [5, 5.41) is 4.51. The largest absolute Gasteiger partial charge is 0.277 e. The Morgan fingerprint density at radius 3 is 2.83 bits per heavy atom. The van der Waals surface area contributed by atoms with Crippen LogP contribution >= 0.6 is 0 Å². The number of anilines is 1. The maximum Gasteiger partial charge on any atom is 0.266 e. The molecule has 0 saturated carbocycles. The van der Waals surface area contributed by atoms with Gasteiger partial charge in [0.25, 0.3) is 5.56 Å². The molecule has 0 bridgehead atoms. The van der Waals surface area contributed by atoms with Crippen molar-refractivity contribution in [2.45, 2.75) is 0 Å². The number of amides is 1. The molecule has 64 valence electrons. The van der Waals surface area contributed by atoms with Crippen LogP contribution in [-0.2, 0) is 11.8 Å². The number of hydrogen-bond donors (Lipinski definition) is 1. The molecule has 6 nitrogen and oxygen atoms in total. The molecule has 1 aromatic heterocycles. The second-order valence-corrected chi connectivity index (χ2v) is 2.17. The lowest BCUT2D eigenvalue weighted by Crippen LogP contribution is -2.32. The molecule has 1 aromatic rings. The van der Waals surface area contributed by atoms with Crippen molar-refractivity contribution in [1.82, 2.24) is 9.78 Å². The number of aromatic nitrogens is 2. The lowest BCUT2D eigenvalue weighted by molar-refractivity contribution is -0.107. The molecule has 1 amide bonds. The molecular weight excluding hydrogens is 160 g/mol. The molecule has 0 unspecified atom stereocenters. The average Bonchev–Trinajstić information content (AvgIpc) is 2.08. The summed E-state index contributed by atoms with van der Waals surface area (Å²) in [7, 11) is 1.48. The number of carbonyl (C=O) groups excluding carboxylic acids is 1. The van der Waals surface area contributed by atoms with Gasteiger partial charge in [0.1, 0.15) is 0 Å². The molecule has 0 fully saturated rings. The second-order valence-electron chi connectivity index (χ2n) is 2.17. The summed E-state index contributed by atoms with van der Waals surface area (Å²) in [4.78, 5) is 21.0. The zero-order valence-corrected chi connectivity index (χ0v) is 6.47. The second kappa shape index (κ2) is 3.14. The average molecular weight is 168 g/mol. The van der Waals surface area contributed by atoms with Crippen molar-refractivity contribution in [3.05, 3.63) is 22.5 Å². The first kappa shape index (κ1) is 8.41. The van der Waals surface area contributed by atoms with Crippen molar-refractivity contribution in [1.29, 1.82) is 0 Å². The molecule has 1 heterocycles. The van der Waals surface area contributed by atoms with Crippen molar-refractivity contribution < 1.29 is 4.79 Å². The first-order chi connectivity index (χ1) is 5.65. The molecule has 1 rings (SSSR count). The predicted octanol–water partition coefficient (Wildman–Crippen LogP) is -1.38. The van der Waals surface area contributed by atoms with Crippen molar-refractivity contribution in [2.75, 3.05) is 5.01 Å². The van der Waals surface area contributed by atoms with E-state index in [2.05, 4.69) is 5.10 Å². The molecule has 0 spiro atoms. The maximum absolute atomic E-state index is 10.8. The Labute approximate surface area is 68.2 Å². The zero-order chi connectivity index (χ0) is 9.14. The number of aryl methyl sites for hydroxylation is 1. The Balaban J connectivity index is 3.12. The first-order valence-corrected chi connectivity index (χ1v) is 3.18. The fraction of sp³-hybridized carbons (Fsp3) is 0.167. The predicted molar refractivity (Wildman–Crippen MR) is 42.2 cm³/mol. The Kier molecular flexibility index (Phi) is 2.20. The summed E-state index contributed by atoms with van der Waals surface area (Å²) < 4.78 is 1.10.